The third kappa shape index (κ3) is 3.03. The zero-order valence-corrected chi connectivity index (χ0v) is 16.6. The molecule has 0 unspecified atom stereocenters. The van der Waals surface area contributed by atoms with E-state index in [4.69, 9.17) is 4.42 Å². The molecule has 0 saturated carbocycles. The molecule has 0 aliphatic carbocycles. The Balaban J connectivity index is 1.59. The van der Waals surface area contributed by atoms with Crippen molar-refractivity contribution in [3.8, 4) is 22.5 Å². The molecule has 4 heteroatoms. The van der Waals surface area contributed by atoms with Crippen molar-refractivity contribution in [2.45, 2.75) is 13.8 Å². The summed E-state index contributed by atoms with van der Waals surface area (Å²) in [5, 5.41) is 11.4. The first kappa shape index (κ1) is 18.1. The quantitative estimate of drug-likeness (QED) is 0.374. The number of rotatable bonds is 3. The van der Waals surface area contributed by atoms with Crippen LogP contribution in [-0.2, 0) is 0 Å². The number of hydrogen-bond donors (Lipinski definition) is 1. The number of aromatic nitrogens is 1. The molecule has 0 aliphatic rings. The standard InChI is InChI=1S/C26H19NO3/c1-15-6-7-16(2)25-22(15)11-21(14-27-25)24-13-19-9-8-18(12-23(19)30-24)17-4-3-5-20(10-17)26(28)29/h3-14H,1-2H3,(H,28,29). The van der Waals surface area contributed by atoms with Crippen LogP contribution in [0.15, 0.2) is 77.3 Å². The molecule has 4 nitrogen and oxygen atoms in total. The maximum absolute atomic E-state index is 11.3. The summed E-state index contributed by atoms with van der Waals surface area (Å²) in [5.41, 5.74) is 7.05. The lowest BCUT2D eigenvalue weighted by Gasteiger charge is -2.06. The van der Waals surface area contributed by atoms with Crippen LogP contribution in [-0.4, -0.2) is 16.1 Å². The van der Waals surface area contributed by atoms with Crippen molar-refractivity contribution >= 4 is 27.8 Å². The Hall–Kier alpha value is -3.92. The largest absolute Gasteiger partial charge is 0.478 e. The van der Waals surface area contributed by atoms with Gasteiger partial charge in [-0.05, 0) is 66.4 Å². The molecule has 0 spiro atoms. The third-order valence-electron chi connectivity index (χ3n) is 5.52. The first-order valence-electron chi connectivity index (χ1n) is 9.73. The smallest absolute Gasteiger partial charge is 0.335 e. The fourth-order valence-corrected chi connectivity index (χ4v) is 3.82. The lowest BCUT2D eigenvalue weighted by molar-refractivity contribution is 0.0697. The molecule has 0 bridgehead atoms. The van der Waals surface area contributed by atoms with Gasteiger partial charge in [0.2, 0.25) is 0 Å². The molecule has 2 heterocycles. The minimum atomic E-state index is -0.937. The number of furan rings is 1. The lowest BCUT2D eigenvalue weighted by atomic mass is 10.0. The van der Waals surface area contributed by atoms with Crippen molar-refractivity contribution in [2.75, 3.05) is 0 Å². The molecule has 3 aromatic carbocycles. The molecule has 146 valence electrons. The van der Waals surface area contributed by atoms with Crippen LogP contribution < -0.4 is 0 Å². The molecular weight excluding hydrogens is 374 g/mol. The second kappa shape index (κ2) is 6.85. The number of carboxylic acids is 1. The first-order valence-corrected chi connectivity index (χ1v) is 9.73. The Morgan fingerprint density at radius 2 is 1.67 bits per heavy atom. The van der Waals surface area contributed by atoms with Gasteiger partial charge in [0.1, 0.15) is 11.3 Å². The van der Waals surface area contributed by atoms with Gasteiger partial charge < -0.3 is 9.52 Å². The van der Waals surface area contributed by atoms with E-state index in [0.717, 1.165) is 49.9 Å². The second-order valence-corrected chi connectivity index (χ2v) is 7.57. The number of carbonyl (C=O) groups is 1. The molecule has 0 atom stereocenters. The minimum Gasteiger partial charge on any atom is -0.478 e. The predicted octanol–water partition coefficient (Wildman–Crippen LogP) is 6.63. The van der Waals surface area contributed by atoms with E-state index < -0.39 is 5.97 Å². The Labute approximate surface area is 173 Å². The Kier molecular flexibility index (Phi) is 4.14. The average molecular weight is 393 g/mol. The summed E-state index contributed by atoms with van der Waals surface area (Å²) in [4.78, 5) is 15.9. The van der Waals surface area contributed by atoms with Crippen molar-refractivity contribution < 1.29 is 14.3 Å². The first-order chi connectivity index (χ1) is 14.5. The van der Waals surface area contributed by atoms with Gasteiger partial charge in [0.05, 0.1) is 11.1 Å². The van der Waals surface area contributed by atoms with Crippen LogP contribution >= 0.6 is 0 Å². The Morgan fingerprint density at radius 3 is 2.50 bits per heavy atom. The van der Waals surface area contributed by atoms with E-state index in [-0.39, 0.29) is 5.56 Å². The van der Waals surface area contributed by atoms with Crippen LogP contribution in [0.2, 0.25) is 0 Å². The summed E-state index contributed by atoms with van der Waals surface area (Å²) in [5.74, 6) is -0.177. The highest BCUT2D eigenvalue weighted by Gasteiger charge is 2.11. The summed E-state index contributed by atoms with van der Waals surface area (Å²) >= 11 is 0. The zero-order valence-electron chi connectivity index (χ0n) is 16.6. The van der Waals surface area contributed by atoms with Gasteiger partial charge in [0, 0.05) is 22.5 Å². The van der Waals surface area contributed by atoms with Gasteiger partial charge in [-0.1, -0.05) is 36.4 Å². The molecule has 0 saturated heterocycles. The Morgan fingerprint density at radius 1 is 0.867 bits per heavy atom. The van der Waals surface area contributed by atoms with Gasteiger partial charge >= 0.3 is 5.97 Å². The van der Waals surface area contributed by atoms with Crippen molar-refractivity contribution in [3.63, 3.8) is 0 Å². The number of aromatic carboxylic acids is 1. The summed E-state index contributed by atoms with van der Waals surface area (Å²) in [6.45, 7) is 4.15. The van der Waals surface area contributed by atoms with Gasteiger partial charge in [-0.3, -0.25) is 4.98 Å². The molecule has 30 heavy (non-hydrogen) atoms. The molecule has 1 N–H and O–H groups in total. The van der Waals surface area contributed by atoms with E-state index in [1.54, 1.807) is 18.2 Å². The number of pyridine rings is 1. The van der Waals surface area contributed by atoms with Crippen molar-refractivity contribution in [3.05, 3.63) is 89.6 Å². The van der Waals surface area contributed by atoms with Gasteiger partial charge in [0.25, 0.3) is 0 Å². The summed E-state index contributed by atoms with van der Waals surface area (Å²) in [6.07, 6.45) is 1.85. The molecule has 0 aliphatic heterocycles. The lowest BCUT2D eigenvalue weighted by Crippen LogP contribution is -1.95. The number of aryl methyl sites for hydroxylation is 2. The molecule has 5 rings (SSSR count). The zero-order chi connectivity index (χ0) is 20.8. The van der Waals surface area contributed by atoms with E-state index >= 15 is 0 Å². The topological polar surface area (TPSA) is 63.3 Å². The van der Waals surface area contributed by atoms with Crippen molar-refractivity contribution in [2.24, 2.45) is 0 Å². The normalized spacial score (nSPS) is 11.3. The maximum atomic E-state index is 11.3. The predicted molar refractivity (Wildman–Crippen MR) is 119 cm³/mol. The SMILES string of the molecule is Cc1ccc(C)c2ncc(-c3cc4ccc(-c5cccc(C(=O)O)c5)cc4o3)cc12. The van der Waals surface area contributed by atoms with Gasteiger partial charge in [0.15, 0.2) is 0 Å². The average Bonchev–Trinajstić information content (AvgIpc) is 3.19. The van der Waals surface area contributed by atoms with Crippen LogP contribution in [0.5, 0.6) is 0 Å². The molecule has 0 amide bonds. The molecule has 0 fully saturated rings. The molecular formula is C26H19NO3. The number of carboxylic acid groups (broad SMARTS) is 1. The van der Waals surface area contributed by atoms with Crippen molar-refractivity contribution in [1.29, 1.82) is 0 Å². The van der Waals surface area contributed by atoms with Crippen LogP contribution in [0.25, 0.3) is 44.3 Å². The van der Waals surface area contributed by atoms with Crippen molar-refractivity contribution in [1.82, 2.24) is 4.98 Å². The van der Waals surface area contributed by atoms with Crippen LogP contribution in [0.1, 0.15) is 21.5 Å². The number of benzene rings is 3. The van der Waals surface area contributed by atoms with Crippen LogP contribution in [0.4, 0.5) is 0 Å². The van der Waals surface area contributed by atoms with Gasteiger partial charge in [-0.25, -0.2) is 4.79 Å². The number of hydrogen-bond acceptors (Lipinski definition) is 3. The summed E-state index contributed by atoms with van der Waals surface area (Å²) in [7, 11) is 0. The molecule has 5 aromatic rings. The number of fused-ring (bicyclic) bond motifs is 2. The van der Waals surface area contributed by atoms with E-state index in [1.807, 2.05) is 36.5 Å². The van der Waals surface area contributed by atoms with Crippen LogP contribution in [0.3, 0.4) is 0 Å². The van der Waals surface area contributed by atoms with Gasteiger partial charge in [-0.15, -0.1) is 0 Å². The fourth-order valence-electron chi connectivity index (χ4n) is 3.82. The summed E-state index contributed by atoms with van der Waals surface area (Å²) < 4.78 is 6.16. The third-order valence-corrected chi connectivity index (χ3v) is 5.52. The van der Waals surface area contributed by atoms with Crippen LogP contribution in [0, 0.1) is 13.8 Å². The highest BCUT2D eigenvalue weighted by Crippen LogP contribution is 2.33. The Bertz CT molecular complexity index is 1450. The number of nitrogens with zero attached hydrogens (tertiary/aromatic N) is 1. The monoisotopic (exact) mass is 393 g/mol. The fraction of sp³-hybridized carbons (Fsp3) is 0.0769. The summed E-state index contributed by atoms with van der Waals surface area (Å²) in [6, 6.07) is 21.2. The van der Waals surface area contributed by atoms with Gasteiger partial charge in [-0.2, -0.15) is 0 Å². The van der Waals surface area contributed by atoms with E-state index in [0.29, 0.717) is 0 Å². The second-order valence-electron chi connectivity index (χ2n) is 7.57. The molecule has 0 radical (unpaired) electrons. The van der Waals surface area contributed by atoms with E-state index in [9.17, 15) is 9.90 Å². The highest BCUT2D eigenvalue weighted by molar-refractivity contribution is 5.92. The maximum Gasteiger partial charge on any atom is 0.335 e. The van der Waals surface area contributed by atoms with E-state index in [2.05, 4.69) is 37.0 Å². The highest BCUT2D eigenvalue weighted by atomic mass is 16.4. The van der Waals surface area contributed by atoms with E-state index in [1.165, 1.54) is 5.56 Å². The minimum absolute atomic E-state index is 0.264. The molecule has 2 aromatic heterocycles.